The number of nitriles is 1. The molecule has 22 heavy (non-hydrogen) atoms. The first-order chi connectivity index (χ1) is 10.6. The van der Waals surface area contributed by atoms with Crippen molar-refractivity contribution in [1.82, 2.24) is 0 Å². The Morgan fingerprint density at radius 1 is 1.18 bits per heavy atom. The van der Waals surface area contributed by atoms with Gasteiger partial charge >= 0.3 is 5.97 Å². The van der Waals surface area contributed by atoms with Crippen molar-refractivity contribution in [1.29, 1.82) is 5.26 Å². The molecule has 0 unspecified atom stereocenters. The Balaban J connectivity index is 1.95. The van der Waals surface area contributed by atoms with Gasteiger partial charge in [0.25, 0.3) is 0 Å². The fourth-order valence-corrected chi connectivity index (χ4v) is 1.91. The van der Waals surface area contributed by atoms with Gasteiger partial charge in [-0.3, -0.25) is 0 Å². The van der Waals surface area contributed by atoms with Crippen molar-refractivity contribution >= 4 is 5.97 Å². The van der Waals surface area contributed by atoms with E-state index in [2.05, 4.69) is 6.07 Å². The van der Waals surface area contributed by atoms with Crippen LogP contribution in [0.3, 0.4) is 0 Å². The number of aryl methyl sites for hydroxylation is 1. The molecule has 4 heteroatoms. The lowest BCUT2D eigenvalue weighted by atomic mass is 10.2. The number of nitrogens with zero attached hydrogens (tertiary/aromatic N) is 1. The second kappa shape index (κ2) is 7.28. The minimum atomic E-state index is -0.708. The first-order valence-corrected chi connectivity index (χ1v) is 6.99. The Labute approximate surface area is 129 Å². The average Bonchev–Trinajstić information content (AvgIpc) is 2.49. The third-order valence-corrected chi connectivity index (χ3v) is 3.06. The number of benzene rings is 2. The molecule has 0 aliphatic heterocycles. The van der Waals surface area contributed by atoms with Crippen molar-refractivity contribution in [3.63, 3.8) is 0 Å². The van der Waals surface area contributed by atoms with Crippen molar-refractivity contribution in [2.75, 3.05) is 0 Å². The monoisotopic (exact) mass is 295 g/mol. The summed E-state index contributed by atoms with van der Waals surface area (Å²) in [5, 5.41) is 8.61. The molecular formula is C18H17NO3. The van der Waals surface area contributed by atoms with Crippen LogP contribution >= 0.6 is 0 Å². The predicted molar refractivity (Wildman–Crippen MR) is 82.7 cm³/mol. The smallest absolute Gasteiger partial charge is 0.352 e. The number of rotatable bonds is 5. The standard InChI is InChI=1S/C18H17NO3/c1-13-4-3-5-17(12-13)21-14(2)18(20)22-16-8-6-15(7-9-16)10-11-19/h3-9,12,14H,10H2,1-2H3/t14-/m0/s1. The molecule has 0 heterocycles. The van der Waals surface area contributed by atoms with E-state index in [-0.39, 0.29) is 0 Å². The third kappa shape index (κ3) is 4.35. The normalized spacial score (nSPS) is 11.3. The van der Waals surface area contributed by atoms with Crippen molar-refractivity contribution in [3.8, 4) is 17.6 Å². The van der Waals surface area contributed by atoms with Gasteiger partial charge in [-0.1, -0.05) is 24.3 Å². The fourth-order valence-electron chi connectivity index (χ4n) is 1.91. The Kier molecular flexibility index (Phi) is 5.16. The molecule has 0 N–H and O–H groups in total. The van der Waals surface area contributed by atoms with E-state index in [1.165, 1.54) is 0 Å². The van der Waals surface area contributed by atoms with Crippen LogP contribution in [0.15, 0.2) is 48.5 Å². The number of carbonyl (C=O) groups excluding carboxylic acids is 1. The first-order valence-electron chi connectivity index (χ1n) is 6.99. The van der Waals surface area contributed by atoms with Crippen LogP contribution in [0.1, 0.15) is 18.1 Å². The molecule has 0 fully saturated rings. The topological polar surface area (TPSA) is 59.3 Å². The molecule has 0 aromatic heterocycles. The predicted octanol–water partition coefficient (Wildman–Crippen LogP) is 3.43. The molecule has 0 amide bonds. The Morgan fingerprint density at radius 3 is 2.55 bits per heavy atom. The Bertz CT molecular complexity index is 686. The van der Waals surface area contributed by atoms with Crippen LogP contribution in [-0.2, 0) is 11.2 Å². The van der Waals surface area contributed by atoms with Gasteiger partial charge < -0.3 is 9.47 Å². The van der Waals surface area contributed by atoms with E-state index in [1.807, 2.05) is 25.1 Å². The quantitative estimate of drug-likeness (QED) is 0.626. The van der Waals surface area contributed by atoms with E-state index in [0.717, 1.165) is 11.1 Å². The van der Waals surface area contributed by atoms with Crippen molar-refractivity contribution in [2.45, 2.75) is 26.4 Å². The van der Waals surface area contributed by atoms with Crippen LogP contribution in [0.2, 0.25) is 0 Å². The maximum Gasteiger partial charge on any atom is 0.352 e. The molecule has 0 radical (unpaired) electrons. The second-order valence-electron chi connectivity index (χ2n) is 4.98. The van der Waals surface area contributed by atoms with E-state index in [4.69, 9.17) is 14.7 Å². The van der Waals surface area contributed by atoms with E-state index in [0.29, 0.717) is 17.9 Å². The number of hydrogen-bond donors (Lipinski definition) is 0. The summed E-state index contributed by atoms with van der Waals surface area (Å²) in [4.78, 5) is 12.0. The van der Waals surface area contributed by atoms with Crippen LogP contribution in [0.5, 0.6) is 11.5 Å². The average molecular weight is 295 g/mol. The zero-order valence-corrected chi connectivity index (χ0v) is 12.6. The summed E-state index contributed by atoms with van der Waals surface area (Å²) >= 11 is 0. The molecule has 2 aromatic carbocycles. The molecule has 0 bridgehead atoms. The maximum absolute atomic E-state index is 12.0. The van der Waals surface area contributed by atoms with E-state index in [1.54, 1.807) is 37.3 Å². The summed E-state index contributed by atoms with van der Waals surface area (Å²) in [5.74, 6) is 0.606. The largest absolute Gasteiger partial charge is 0.479 e. The minimum absolute atomic E-state index is 0.334. The van der Waals surface area contributed by atoms with Gasteiger partial charge in [0.1, 0.15) is 11.5 Å². The number of esters is 1. The molecule has 0 aliphatic rings. The second-order valence-corrected chi connectivity index (χ2v) is 4.98. The lowest BCUT2D eigenvalue weighted by molar-refractivity contribution is -0.141. The van der Waals surface area contributed by atoms with Crippen LogP contribution in [-0.4, -0.2) is 12.1 Å². The molecule has 0 saturated carbocycles. The van der Waals surface area contributed by atoms with Crippen LogP contribution in [0, 0.1) is 18.3 Å². The summed E-state index contributed by atoms with van der Waals surface area (Å²) in [5.41, 5.74) is 1.94. The maximum atomic E-state index is 12.0. The van der Waals surface area contributed by atoms with Crippen molar-refractivity contribution in [3.05, 3.63) is 59.7 Å². The number of carbonyl (C=O) groups is 1. The lowest BCUT2D eigenvalue weighted by Crippen LogP contribution is -2.28. The summed E-state index contributed by atoms with van der Waals surface area (Å²) in [6.45, 7) is 3.60. The molecule has 0 aliphatic carbocycles. The van der Waals surface area contributed by atoms with Crippen molar-refractivity contribution < 1.29 is 14.3 Å². The highest BCUT2D eigenvalue weighted by Gasteiger charge is 2.17. The highest BCUT2D eigenvalue weighted by Crippen LogP contribution is 2.17. The molecule has 4 nitrogen and oxygen atoms in total. The molecular weight excluding hydrogens is 278 g/mol. The highest BCUT2D eigenvalue weighted by molar-refractivity contribution is 5.77. The summed E-state index contributed by atoms with van der Waals surface area (Å²) in [7, 11) is 0. The first kappa shape index (κ1) is 15.6. The van der Waals surface area contributed by atoms with Crippen molar-refractivity contribution in [2.24, 2.45) is 0 Å². The molecule has 112 valence electrons. The van der Waals surface area contributed by atoms with Gasteiger partial charge in [-0.25, -0.2) is 4.79 Å². The molecule has 0 saturated heterocycles. The summed E-state index contributed by atoms with van der Waals surface area (Å²) in [6.07, 6.45) is -0.373. The SMILES string of the molecule is Cc1cccc(O[C@@H](C)C(=O)Oc2ccc(CC#N)cc2)c1. The molecule has 1 atom stereocenters. The van der Waals surface area contributed by atoms with E-state index < -0.39 is 12.1 Å². The molecule has 2 aromatic rings. The summed E-state index contributed by atoms with van der Waals surface area (Å²) < 4.78 is 10.8. The fraction of sp³-hybridized carbons (Fsp3) is 0.222. The number of ether oxygens (including phenoxy) is 2. The van der Waals surface area contributed by atoms with Gasteiger partial charge in [0.2, 0.25) is 0 Å². The lowest BCUT2D eigenvalue weighted by Gasteiger charge is -2.14. The third-order valence-electron chi connectivity index (χ3n) is 3.06. The van der Waals surface area contributed by atoms with E-state index in [9.17, 15) is 4.79 Å². The van der Waals surface area contributed by atoms with Gasteiger partial charge in [-0.05, 0) is 49.2 Å². The Morgan fingerprint density at radius 2 is 1.91 bits per heavy atom. The summed E-state index contributed by atoms with van der Waals surface area (Å²) in [6, 6.07) is 16.4. The van der Waals surface area contributed by atoms with Gasteiger partial charge in [0.15, 0.2) is 6.10 Å². The van der Waals surface area contributed by atoms with Gasteiger partial charge in [-0.15, -0.1) is 0 Å². The van der Waals surface area contributed by atoms with Gasteiger partial charge in [0, 0.05) is 0 Å². The van der Waals surface area contributed by atoms with Crippen LogP contribution in [0.25, 0.3) is 0 Å². The number of hydrogen-bond acceptors (Lipinski definition) is 4. The van der Waals surface area contributed by atoms with Gasteiger partial charge in [0.05, 0.1) is 12.5 Å². The molecule has 0 spiro atoms. The zero-order chi connectivity index (χ0) is 15.9. The Hall–Kier alpha value is -2.80. The zero-order valence-electron chi connectivity index (χ0n) is 12.6. The molecule has 2 rings (SSSR count). The minimum Gasteiger partial charge on any atom is -0.479 e. The van der Waals surface area contributed by atoms with Gasteiger partial charge in [-0.2, -0.15) is 5.26 Å². The van der Waals surface area contributed by atoms with Crippen LogP contribution in [0.4, 0.5) is 0 Å². The van der Waals surface area contributed by atoms with E-state index >= 15 is 0 Å². The highest BCUT2D eigenvalue weighted by atomic mass is 16.6. The van der Waals surface area contributed by atoms with Crippen LogP contribution < -0.4 is 9.47 Å².